The molecule has 0 unspecified atom stereocenters. The van der Waals surface area contributed by atoms with E-state index >= 15 is 0 Å². The van der Waals surface area contributed by atoms with Gasteiger partial charge in [-0.2, -0.15) is 0 Å². The summed E-state index contributed by atoms with van der Waals surface area (Å²) in [6.07, 6.45) is 3.79. The molecule has 3 heteroatoms. The number of benzene rings is 1. The predicted molar refractivity (Wildman–Crippen MR) is 72.9 cm³/mol. The fourth-order valence-corrected chi connectivity index (χ4v) is 2.54. The first-order chi connectivity index (χ1) is 8.66. The van der Waals surface area contributed by atoms with Crippen LogP contribution in [0.5, 0.6) is 0 Å². The molecule has 1 amide bonds. The molecule has 18 heavy (non-hydrogen) atoms. The highest BCUT2D eigenvalue weighted by Gasteiger charge is 2.25. The topological polar surface area (TPSA) is 55.1 Å². The fraction of sp³-hybridized carbons (Fsp3) is 0.533. The third-order valence-electron chi connectivity index (χ3n) is 3.80. The third kappa shape index (κ3) is 3.33. The molecule has 3 nitrogen and oxygen atoms in total. The Morgan fingerprint density at radius 3 is 2.44 bits per heavy atom. The maximum absolute atomic E-state index is 12.1. The molecule has 0 heterocycles. The van der Waals surface area contributed by atoms with E-state index < -0.39 is 0 Å². The van der Waals surface area contributed by atoms with Gasteiger partial charge in [0.2, 0.25) is 5.91 Å². The van der Waals surface area contributed by atoms with Gasteiger partial charge in [0.1, 0.15) is 0 Å². The average molecular weight is 246 g/mol. The zero-order valence-corrected chi connectivity index (χ0v) is 10.9. The van der Waals surface area contributed by atoms with E-state index in [0.717, 1.165) is 31.2 Å². The summed E-state index contributed by atoms with van der Waals surface area (Å²) in [5.41, 5.74) is 7.01. The van der Waals surface area contributed by atoms with E-state index in [1.807, 2.05) is 37.3 Å². The molecule has 1 atom stereocenters. The summed E-state index contributed by atoms with van der Waals surface area (Å²) >= 11 is 0. The number of nitrogens with one attached hydrogen (secondary N) is 1. The minimum absolute atomic E-state index is 0.0781. The van der Waals surface area contributed by atoms with E-state index in [4.69, 9.17) is 5.73 Å². The zero-order chi connectivity index (χ0) is 13.0. The highest BCUT2D eigenvalue weighted by Crippen LogP contribution is 2.24. The quantitative estimate of drug-likeness (QED) is 0.860. The second-order valence-electron chi connectivity index (χ2n) is 5.25. The number of rotatable bonds is 3. The van der Waals surface area contributed by atoms with Crippen molar-refractivity contribution in [3.05, 3.63) is 35.9 Å². The summed E-state index contributed by atoms with van der Waals surface area (Å²) in [5.74, 6) is 0.328. The maximum Gasteiger partial charge on any atom is 0.223 e. The Morgan fingerprint density at radius 2 is 1.83 bits per heavy atom. The number of carbonyl (C=O) groups is 1. The van der Waals surface area contributed by atoms with Gasteiger partial charge in [-0.1, -0.05) is 30.3 Å². The molecule has 0 aromatic heterocycles. The van der Waals surface area contributed by atoms with Crippen LogP contribution in [-0.4, -0.2) is 11.9 Å². The minimum Gasteiger partial charge on any atom is -0.349 e. The largest absolute Gasteiger partial charge is 0.349 e. The molecule has 98 valence electrons. The summed E-state index contributed by atoms with van der Waals surface area (Å²) in [6.45, 7) is 2.03. The zero-order valence-electron chi connectivity index (χ0n) is 10.9. The Morgan fingerprint density at radius 1 is 1.22 bits per heavy atom. The van der Waals surface area contributed by atoms with Crippen molar-refractivity contribution in [1.29, 1.82) is 0 Å². The van der Waals surface area contributed by atoms with Gasteiger partial charge >= 0.3 is 0 Å². The van der Waals surface area contributed by atoms with E-state index in [9.17, 15) is 4.79 Å². The molecule has 1 aliphatic rings. The maximum atomic E-state index is 12.1. The Hall–Kier alpha value is -1.35. The van der Waals surface area contributed by atoms with E-state index in [1.54, 1.807) is 0 Å². The Bertz CT molecular complexity index is 383. The van der Waals surface area contributed by atoms with Crippen molar-refractivity contribution in [3.8, 4) is 0 Å². The van der Waals surface area contributed by atoms with Gasteiger partial charge in [0, 0.05) is 12.0 Å². The first kappa shape index (κ1) is 13.1. The van der Waals surface area contributed by atoms with E-state index in [2.05, 4.69) is 5.32 Å². The first-order valence-electron chi connectivity index (χ1n) is 6.77. The molecular formula is C15H22N2O. The van der Waals surface area contributed by atoms with Gasteiger partial charge in [0.15, 0.2) is 0 Å². The lowest BCUT2D eigenvalue weighted by Gasteiger charge is -2.26. The Balaban J connectivity index is 1.87. The molecule has 2 rings (SSSR count). The number of hydrogen-bond acceptors (Lipinski definition) is 2. The van der Waals surface area contributed by atoms with Gasteiger partial charge in [0.25, 0.3) is 0 Å². The van der Waals surface area contributed by atoms with Crippen LogP contribution in [0.3, 0.4) is 0 Å². The molecular weight excluding hydrogens is 224 g/mol. The molecule has 0 bridgehead atoms. The Kier molecular flexibility index (Phi) is 4.37. The highest BCUT2D eigenvalue weighted by molar-refractivity contribution is 5.79. The number of carbonyl (C=O) groups excluding carboxylic acids is 1. The minimum atomic E-state index is 0.0781. The van der Waals surface area contributed by atoms with Gasteiger partial charge in [-0.05, 0) is 38.2 Å². The van der Waals surface area contributed by atoms with E-state index in [-0.39, 0.29) is 17.9 Å². The first-order valence-corrected chi connectivity index (χ1v) is 6.77. The summed E-state index contributed by atoms with van der Waals surface area (Å²) in [4.78, 5) is 12.1. The number of amides is 1. The third-order valence-corrected chi connectivity index (χ3v) is 3.80. The molecule has 0 spiro atoms. The molecule has 1 aromatic carbocycles. The van der Waals surface area contributed by atoms with Gasteiger partial charge in [-0.3, -0.25) is 4.79 Å². The van der Waals surface area contributed by atoms with Crippen molar-refractivity contribution in [2.75, 3.05) is 0 Å². The van der Waals surface area contributed by atoms with E-state index in [1.165, 1.54) is 0 Å². The lowest BCUT2D eigenvalue weighted by Crippen LogP contribution is -2.37. The number of nitrogens with two attached hydrogens (primary N) is 1. The summed E-state index contributed by atoms with van der Waals surface area (Å²) < 4.78 is 0. The van der Waals surface area contributed by atoms with Crippen molar-refractivity contribution >= 4 is 5.91 Å². The monoisotopic (exact) mass is 246 g/mol. The normalized spacial score (nSPS) is 25.4. The number of hydrogen-bond donors (Lipinski definition) is 2. The highest BCUT2D eigenvalue weighted by atomic mass is 16.1. The SMILES string of the molecule is C[C@@H](NC(=O)[C@H]1CC[C@H](N)CC1)c1ccccc1. The summed E-state index contributed by atoms with van der Waals surface area (Å²) in [5, 5.41) is 3.10. The average Bonchev–Trinajstić information content (AvgIpc) is 2.40. The van der Waals surface area contributed by atoms with Crippen molar-refractivity contribution in [1.82, 2.24) is 5.32 Å². The molecule has 1 saturated carbocycles. The van der Waals surface area contributed by atoms with Gasteiger partial charge in [-0.15, -0.1) is 0 Å². The second-order valence-corrected chi connectivity index (χ2v) is 5.25. The molecule has 3 N–H and O–H groups in total. The van der Waals surface area contributed by atoms with Crippen LogP contribution in [0.1, 0.15) is 44.2 Å². The predicted octanol–water partition coefficient (Wildman–Crippen LogP) is 2.38. The van der Waals surface area contributed by atoms with Crippen molar-refractivity contribution in [2.45, 2.75) is 44.7 Å². The van der Waals surface area contributed by atoms with Crippen LogP contribution in [0, 0.1) is 5.92 Å². The van der Waals surface area contributed by atoms with Gasteiger partial charge in [-0.25, -0.2) is 0 Å². The van der Waals surface area contributed by atoms with Crippen molar-refractivity contribution < 1.29 is 4.79 Å². The van der Waals surface area contributed by atoms with Crippen LogP contribution in [0.2, 0.25) is 0 Å². The second kappa shape index (κ2) is 6.01. The molecule has 1 aromatic rings. The van der Waals surface area contributed by atoms with E-state index in [0.29, 0.717) is 6.04 Å². The Labute approximate surface area is 109 Å². The summed E-state index contributed by atoms with van der Waals surface area (Å²) in [7, 11) is 0. The van der Waals surface area contributed by atoms with Crippen molar-refractivity contribution in [3.63, 3.8) is 0 Å². The van der Waals surface area contributed by atoms with Crippen LogP contribution in [0.25, 0.3) is 0 Å². The summed E-state index contributed by atoms with van der Waals surface area (Å²) in [6, 6.07) is 10.4. The van der Waals surface area contributed by atoms with Crippen LogP contribution in [0.4, 0.5) is 0 Å². The van der Waals surface area contributed by atoms with Crippen LogP contribution >= 0.6 is 0 Å². The smallest absolute Gasteiger partial charge is 0.223 e. The van der Waals surface area contributed by atoms with Gasteiger partial charge < -0.3 is 11.1 Å². The fourth-order valence-electron chi connectivity index (χ4n) is 2.54. The molecule has 0 radical (unpaired) electrons. The van der Waals surface area contributed by atoms with Crippen LogP contribution < -0.4 is 11.1 Å². The standard InChI is InChI=1S/C15H22N2O/c1-11(12-5-3-2-4-6-12)17-15(18)13-7-9-14(16)10-8-13/h2-6,11,13-14H,7-10,16H2,1H3,(H,17,18)/t11-,13-,14-/m1/s1. The molecule has 1 fully saturated rings. The molecule has 0 aliphatic heterocycles. The molecule has 0 saturated heterocycles. The van der Waals surface area contributed by atoms with Crippen LogP contribution in [-0.2, 0) is 4.79 Å². The van der Waals surface area contributed by atoms with Crippen molar-refractivity contribution in [2.24, 2.45) is 11.7 Å². The van der Waals surface area contributed by atoms with Crippen LogP contribution in [0.15, 0.2) is 30.3 Å². The lowest BCUT2D eigenvalue weighted by molar-refractivity contribution is -0.126. The lowest BCUT2D eigenvalue weighted by atomic mass is 9.85. The molecule has 1 aliphatic carbocycles. The van der Waals surface area contributed by atoms with Gasteiger partial charge in [0.05, 0.1) is 6.04 Å².